The molecule has 0 aliphatic carbocycles. The van der Waals surface area contributed by atoms with E-state index >= 15 is 0 Å². The summed E-state index contributed by atoms with van der Waals surface area (Å²) in [4.78, 5) is 0. The first-order valence-corrected chi connectivity index (χ1v) is 5.90. The molecular weight excluding hydrogens is 208 g/mol. The summed E-state index contributed by atoms with van der Waals surface area (Å²) in [6.07, 6.45) is 0. The van der Waals surface area contributed by atoms with Crippen molar-refractivity contribution in [2.45, 2.75) is 27.7 Å². The van der Waals surface area contributed by atoms with Crippen molar-refractivity contribution >= 4 is 0 Å². The van der Waals surface area contributed by atoms with Gasteiger partial charge in [0.1, 0.15) is 11.5 Å². The highest BCUT2D eigenvalue weighted by Crippen LogP contribution is 2.31. The third-order valence-electron chi connectivity index (χ3n) is 3.18. The van der Waals surface area contributed by atoms with Crippen LogP contribution >= 0.6 is 0 Å². The smallest absolute Gasteiger partial charge is 0.133 e. The van der Waals surface area contributed by atoms with Gasteiger partial charge >= 0.3 is 0 Å². The highest BCUT2D eigenvalue weighted by Gasteiger charge is 2.07. The van der Waals surface area contributed by atoms with Gasteiger partial charge in [0, 0.05) is 0 Å². The second-order valence-electron chi connectivity index (χ2n) is 4.52. The maximum absolute atomic E-state index is 6.05. The van der Waals surface area contributed by atoms with E-state index in [4.69, 9.17) is 4.74 Å². The Labute approximate surface area is 103 Å². The Morgan fingerprint density at radius 2 is 1.24 bits per heavy atom. The molecule has 1 nitrogen and oxygen atoms in total. The SMILES string of the molecule is Cc1cccc(Oc2c(C)cccc2C)c1C. The van der Waals surface area contributed by atoms with Gasteiger partial charge in [-0.25, -0.2) is 0 Å². The summed E-state index contributed by atoms with van der Waals surface area (Å²) in [5.74, 6) is 1.92. The van der Waals surface area contributed by atoms with Gasteiger partial charge in [0.25, 0.3) is 0 Å². The molecule has 0 radical (unpaired) electrons. The Hall–Kier alpha value is -1.76. The second-order valence-corrected chi connectivity index (χ2v) is 4.52. The van der Waals surface area contributed by atoms with Crippen LogP contribution in [-0.4, -0.2) is 0 Å². The zero-order valence-corrected chi connectivity index (χ0v) is 10.9. The predicted octanol–water partition coefficient (Wildman–Crippen LogP) is 4.71. The number of aryl methyl sites for hydroxylation is 3. The number of hydrogen-bond acceptors (Lipinski definition) is 1. The van der Waals surface area contributed by atoms with Gasteiger partial charge in [0.05, 0.1) is 0 Å². The van der Waals surface area contributed by atoms with E-state index in [1.165, 1.54) is 22.3 Å². The number of ether oxygens (including phenoxy) is 1. The maximum Gasteiger partial charge on any atom is 0.133 e. The first-order chi connectivity index (χ1) is 8.09. The van der Waals surface area contributed by atoms with Crippen molar-refractivity contribution in [3.8, 4) is 11.5 Å². The summed E-state index contributed by atoms with van der Waals surface area (Å²) < 4.78 is 6.05. The van der Waals surface area contributed by atoms with Crippen LogP contribution in [0.15, 0.2) is 36.4 Å². The second kappa shape index (κ2) is 4.62. The van der Waals surface area contributed by atoms with Gasteiger partial charge in [-0.1, -0.05) is 30.3 Å². The molecule has 1 heteroatoms. The zero-order valence-electron chi connectivity index (χ0n) is 10.9. The van der Waals surface area contributed by atoms with Gasteiger partial charge in [0.2, 0.25) is 0 Å². The van der Waals surface area contributed by atoms with Crippen molar-refractivity contribution in [2.24, 2.45) is 0 Å². The minimum absolute atomic E-state index is 0.947. The highest BCUT2D eigenvalue weighted by molar-refractivity contribution is 5.46. The third kappa shape index (κ3) is 2.33. The molecule has 0 atom stereocenters. The van der Waals surface area contributed by atoms with Gasteiger partial charge in [-0.15, -0.1) is 0 Å². The molecule has 17 heavy (non-hydrogen) atoms. The minimum Gasteiger partial charge on any atom is -0.457 e. The molecule has 0 aliphatic rings. The van der Waals surface area contributed by atoms with Crippen LogP contribution in [0.5, 0.6) is 11.5 Å². The quantitative estimate of drug-likeness (QED) is 0.720. The largest absolute Gasteiger partial charge is 0.457 e. The lowest BCUT2D eigenvalue weighted by molar-refractivity contribution is 0.471. The van der Waals surface area contributed by atoms with E-state index < -0.39 is 0 Å². The molecule has 0 saturated heterocycles. The molecule has 0 unspecified atom stereocenters. The third-order valence-corrected chi connectivity index (χ3v) is 3.18. The average molecular weight is 226 g/mol. The fraction of sp³-hybridized carbons (Fsp3) is 0.250. The molecule has 0 aromatic heterocycles. The van der Waals surface area contributed by atoms with Crippen LogP contribution in [0.2, 0.25) is 0 Å². The molecule has 88 valence electrons. The average Bonchev–Trinajstić information content (AvgIpc) is 2.29. The molecule has 0 bridgehead atoms. The maximum atomic E-state index is 6.05. The van der Waals surface area contributed by atoms with Crippen LogP contribution < -0.4 is 4.74 Å². The van der Waals surface area contributed by atoms with E-state index in [1.807, 2.05) is 12.1 Å². The van der Waals surface area contributed by atoms with Crippen molar-refractivity contribution in [3.63, 3.8) is 0 Å². The molecule has 0 saturated carbocycles. The lowest BCUT2D eigenvalue weighted by Gasteiger charge is -2.14. The van der Waals surface area contributed by atoms with Crippen molar-refractivity contribution in [3.05, 3.63) is 58.7 Å². The lowest BCUT2D eigenvalue weighted by Crippen LogP contribution is -1.93. The van der Waals surface area contributed by atoms with Crippen molar-refractivity contribution in [1.82, 2.24) is 0 Å². The van der Waals surface area contributed by atoms with Gasteiger partial charge in [-0.2, -0.15) is 0 Å². The van der Waals surface area contributed by atoms with Crippen molar-refractivity contribution in [1.29, 1.82) is 0 Å². The summed E-state index contributed by atoms with van der Waals surface area (Å²) in [6.45, 7) is 8.35. The summed E-state index contributed by atoms with van der Waals surface area (Å²) >= 11 is 0. The molecule has 0 aliphatic heterocycles. The normalized spacial score (nSPS) is 10.4. The van der Waals surface area contributed by atoms with Crippen LogP contribution in [-0.2, 0) is 0 Å². The number of benzene rings is 2. The zero-order chi connectivity index (χ0) is 12.4. The molecule has 0 amide bonds. The van der Waals surface area contributed by atoms with Crippen LogP contribution in [0, 0.1) is 27.7 Å². The fourth-order valence-corrected chi connectivity index (χ4v) is 1.90. The molecule has 0 spiro atoms. The summed E-state index contributed by atoms with van der Waals surface area (Å²) in [5, 5.41) is 0. The standard InChI is InChI=1S/C16H18O/c1-11-7-6-10-15(14(11)4)17-16-12(2)8-5-9-13(16)3/h5-10H,1-4H3. The molecule has 2 aromatic rings. The van der Waals surface area contributed by atoms with Gasteiger partial charge in [0.15, 0.2) is 0 Å². The van der Waals surface area contributed by atoms with Crippen molar-refractivity contribution < 1.29 is 4.74 Å². The highest BCUT2D eigenvalue weighted by atomic mass is 16.5. The Bertz CT molecular complexity index is 521. The first-order valence-electron chi connectivity index (χ1n) is 5.90. The van der Waals surface area contributed by atoms with Gasteiger partial charge in [-0.05, 0) is 56.0 Å². The molecule has 0 heterocycles. The van der Waals surface area contributed by atoms with Gasteiger partial charge in [-0.3, -0.25) is 0 Å². The Morgan fingerprint density at radius 1 is 0.706 bits per heavy atom. The Kier molecular flexibility index (Phi) is 3.19. The van der Waals surface area contributed by atoms with E-state index in [9.17, 15) is 0 Å². The Balaban J connectivity index is 2.42. The predicted molar refractivity (Wildman–Crippen MR) is 71.9 cm³/mol. The van der Waals surface area contributed by atoms with E-state index in [0.717, 1.165) is 11.5 Å². The van der Waals surface area contributed by atoms with E-state index in [-0.39, 0.29) is 0 Å². The monoisotopic (exact) mass is 226 g/mol. The van der Waals surface area contributed by atoms with Crippen LogP contribution in [0.25, 0.3) is 0 Å². The number of para-hydroxylation sites is 1. The summed E-state index contributed by atoms with van der Waals surface area (Å²) in [5.41, 5.74) is 4.81. The molecule has 0 fully saturated rings. The summed E-state index contributed by atoms with van der Waals surface area (Å²) in [7, 11) is 0. The van der Waals surface area contributed by atoms with Crippen LogP contribution in [0.1, 0.15) is 22.3 Å². The van der Waals surface area contributed by atoms with Gasteiger partial charge < -0.3 is 4.74 Å². The fourth-order valence-electron chi connectivity index (χ4n) is 1.90. The topological polar surface area (TPSA) is 9.23 Å². The molecular formula is C16H18O. The lowest BCUT2D eigenvalue weighted by atomic mass is 10.1. The first kappa shape index (κ1) is 11.7. The van der Waals surface area contributed by atoms with E-state index in [2.05, 4.69) is 52.0 Å². The number of hydrogen-bond donors (Lipinski definition) is 0. The number of rotatable bonds is 2. The summed E-state index contributed by atoms with van der Waals surface area (Å²) in [6, 6.07) is 12.4. The minimum atomic E-state index is 0.947. The van der Waals surface area contributed by atoms with Crippen molar-refractivity contribution in [2.75, 3.05) is 0 Å². The van der Waals surface area contributed by atoms with E-state index in [0.29, 0.717) is 0 Å². The van der Waals surface area contributed by atoms with E-state index in [1.54, 1.807) is 0 Å². The van der Waals surface area contributed by atoms with Crippen LogP contribution in [0.4, 0.5) is 0 Å². The molecule has 2 aromatic carbocycles. The van der Waals surface area contributed by atoms with Crippen LogP contribution in [0.3, 0.4) is 0 Å². The molecule has 0 N–H and O–H groups in total. The molecule has 2 rings (SSSR count). The Morgan fingerprint density at radius 3 is 1.88 bits per heavy atom.